The van der Waals surface area contributed by atoms with Gasteiger partial charge in [-0.2, -0.15) is 0 Å². The van der Waals surface area contributed by atoms with E-state index in [2.05, 4.69) is 20.5 Å². The van der Waals surface area contributed by atoms with E-state index < -0.39 is 9.85 Å². The number of nitro benzene ring substituents is 2. The highest BCUT2D eigenvalue weighted by Gasteiger charge is 2.30. The molecule has 1 aliphatic heterocycles. The number of benzene rings is 2. The summed E-state index contributed by atoms with van der Waals surface area (Å²) in [6.07, 6.45) is 0. The second kappa shape index (κ2) is 7.31. The third-order valence-electron chi connectivity index (χ3n) is 4.85. The maximum absolute atomic E-state index is 11.8. The van der Waals surface area contributed by atoms with Gasteiger partial charge in [0.1, 0.15) is 5.69 Å². The second-order valence-electron chi connectivity index (χ2n) is 6.73. The van der Waals surface area contributed by atoms with Gasteiger partial charge in [-0.1, -0.05) is 6.07 Å². The van der Waals surface area contributed by atoms with Gasteiger partial charge in [-0.15, -0.1) is 0 Å². The summed E-state index contributed by atoms with van der Waals surface area (Å²) in [5.41, 5.74) is 1.23. The Bertz CT molecular complexity index is 1090. The molecule has 0 unspecified atom stereocenters. The first-order valence-corrected chi connectivity index (χ1v) is 8.82. The van der Waals surface area contributed by atoms with E-state index in [0.29, 0.717) is 30.2 Å². The number of hydrogen-bond donors (Lipinski definition) is 1. The molecule has 2 aromatic carbocycles. The van der Waals surface area contributed by atoms with E-state index in [-0.39, 0.29) is 22.4 Å². The van der Waals surface area contributed by atoms with E-state index >= 15 is 0 Å². The smallest absolute Gasteiger partial charge is 0.323 e. The summed E-state index contributed by atoms with van der Waals surface area (Å²) in [4.78, 5) is 25.9. The van der Waals surface area contributed by atoms with Crippen molar-refractivity contribution in [2.24, 2.45) is 0 Å². The molecular weight excluding hydrogens is 382 g/mol. The number of aromatic nitrogens is 2. The van der Waals surface area contributed by atoms with Crippen molar-refractivity contribution < 1.29 is 14.5 Å². The van der Waals surface area contributed by atoms with Crippen LogP contribution in [0.4, 0.5) is 28.4 Å². The van der Waals surface area contributed by atoms with Crippen LogP contribution in [-0.2, 0) is 0 Å². The Morgan fingerprint density at radius 1 is 1.03 bits per heavy atom. The van der Waals surface area contributed by atoms with Crippen molar-refractivity contribution in [1.29, 1.82) is 0 Å². The van der Waals surface area contributed by atoms with Gasteiger partial charge in [-0.25, -0.2) is 4.63 Å². The fourth-order valence-corrected chi connectivity index (χ4v) is 3.33. The number of nitro groups is 2. The molecule has 0 amide bonds. The molecule has 2 heterocycles. The van der Waals surface area contributed by atoms with E-state index in [1.165, 1.54) is 12.1 Å². The van der Waals surface area contributed by atoms with Gasteiger partial charge in [-0.3, -0.25) is 20.2 Å². The minimum atomic E-state index is -0.496. The molecule has 29 heavy (non-hydrogen) atoms. The Morgan fingerprint density at radius 2 is 1.76 bits per heavy atom. The van der Waals surface area contributed by atoms with Gasteiger partial charge in [0.15, 0.2) is 5.52 Å². The van der Waals surface area contributed by atoms with Crippen LogP contribution in [0.15, 0.2) is 35.0 Å². The van der Waals surface area contributed by atoms with Crippen LogP contribution in [0.2, 0.25) is 0 Å². The summed E-state index contributed by atoms with van der Waals surface area (Å²) >= 11 is 0. The number of rotatable bonds is 5. The predicted molar refractivity (Wildman–Crippen MR) is 105 cm³/mol. The quantitative estimate of drug-likeness (QED) is 0.502. The molecule has 150 valence electrons. The largest absolute Gasteiger partial charge is 0.363 e. The predicted octanol–water partition coefficient (Wildman–Crippen LogP) is 2.53. The lowest BCUT2D eigenvalue weighted by Gasteiger charge is -2.33. The minimum Gasteiger partial charge on any atom is -0.363 e. The summed E-state index contributed by atoms with van der Waals surface area (Å²) in [6.45, 7) is 2.76. The zero-order valence-corrected chi connectivity index (χ0v) is 15.4. The maximum Gasteiger partial charge on any atom is 0.323 e. The monoisotopic (exact) mass is 399 g/mol. The molecule has 4 rings (SSSR count). The molecular formula is C17H17N7O5. The van der Waals surface area contributed by atoms with Gasteiger partial charge in [0.25, 0.3) is 5.69 Å². The molecule has 1 N–H and O–H groups in total. The Kier molecular flexibility index (Phi) is 4.68. The van der Waals surface area contributed by atoms with Gasteiger partial charge in [-0.05, 0) is 29.5 Å². The molecule has 0 radical (unpaired) electrons. The van der Waals surface area contributed by atoms with Crippen LogP contribution < -0.4 is 10.2 Å². The number of fused-ring (bicyclic) bond motifs is 1. The first kappa shape index (κ1) is 18.6. The summed E-state index contributed by atoms with van der Waals surface area (Å²) in [6, 6.07) is 7.57. The Morgan fingerprint density at radius 3 is 2.45 bits per heavy atom. The number of nitrogens with one attached hydrogen (secondary N) is 1. The molecule has 1 fully saturated rings. The first-order valence-electron chi connectivity index (χ1n) is 8.82. The third kappa shape index (κ3) is 3.52. The molecule has 0 saturated carbocycles. The van der Waals surface area contributed by atoms with Crippen molar-refractivity contribution in [1.82, 2.24) is 15.2 Å². The van der Waals surface area contributed by atoms with Crippen molar-refractivity contribution in [2.45, 2.75) is 0 Å². The van der Waals surface area contributed by atoms with Crippen molar-refractivity contribution >= 4 is 39.5 Å². The van der Waals surface area contributed by atoms with Gasteiger partial charge < -0.3 is 15.1 Å². The fraction of sp³-hybridized carbons (Fsp3) is 0.294. The van der Waals surface area contributed by atoms with Crippen molar-refractivity contribution in [3.8, 4) is 0 Å². The molecule has 0 atom stereocenters. The molecule has 1 aromatic heterocycles. The number of non-ortho nitro benzene ring substituents is 1. The van der Waals surface area contributed by atoms with Crippen molar-refractivity contribution in [3.05, 3.63) is 50.6 Å². The van der Waals surface area contributed by atoms with E-state index in [1.54, 1.807) is 18.2 Å². The van der Waals surface area contributed by atoms with Gasteiger partial charge in [0.2, 0.25) is 5.52 Å². The number of anilines is 3. The molecule has 1 aliphatic rings. The van der Waals surface area contributed by atoms with Crippen molar-refractivity contribution in [2.75, 3.05) is 43.4 Å². The number of likely N-dealkylation sites (N-methyl/N-ethyl adjacent to an activating group) is 1. The van der Waals surface area contributed by atoms with Crippen LogP contribution in [0.3, 0.4) is 0 Å². The zero-order chi connectivity index (χ0) is 20.5. The Labute approximate surface area is 164 Å². The summed E-state index contributed by atoms with van der Waals surface area (Å²) in [5.74, 6) is 0. The number of nitrogens with zero attached hydrogens (tertiary/aromatic N) is 6. The summed E-state index contributed by atoms with van der Waals surface area (Å²) in [5, 5.41) is 33.4. The van der Waals surface area contributed by atoms with Crippen LogP contribution in [0.5, 0.6) is 0 Å². The van der Waals surface area contributed by atoms with Gasteiger partial charge in [0.05, 0.1) is 15.5 Å². The number of hydrogen-bond acceptors (Lipinski definition) is 10. The first-order chi connectivity index (χ1) is 13.9. The second-order valence-corrected chi connectivity index (χ2v) is 6.73. The Balaban J connectivity index is 1.81. The zero-order valence-electron chi connectivity index (χ0n) is 15.4. The van der Waals surface area contributed by atoms with E-state index in [0.717, 1.165) is 13.1 Å². The van der Waals surface area contributed by atoms with E-state index in [1.807, 2.05) is 11.9 Å². The van der Waals surface area contributed by atoms with Gasteiger partial charge >= 0.3 is 5.69 Å². The van der Waals surface area contributed by atoms with Crippen LogP contribution in [0, 0.1) is 20.2 Å². The molecule has 12 nitrogen and oxygen atoms in total. The van der Waals surface area contributed by atoms with E-state index in [4.69, 9.17) is 4.63 Å². The SMILES string of the molecule is CN1CCN(c2cc(Nc3cccc([N+](=O)[O-])c3)c3nonc3c2[N+](=O)[O-])CC1. The average Bonchev–Trinajstić information content (AvgIpc) is 3.18. The third-order valence-corrected chi connectivity index (χ3v) is 4.85. The number of piperazine rings is 1. The van der Waals surface area contributed by atoms with E-state index in [9.17, 15) is 20.2 Å². The molecule has 0 aliphatic carbocycles. The highest BCUT2D eigenvalue weighted by molar-refractivity contribution is 6.00. The summed E-state index contributed by atoms with van der Waals surface area (Å²) in [7, 11) is 1.99. The lowest BCUT2D eigenvalue weighted by atomic mass is 10.1. The lowest BCUT2D eigenvalue weighted by Crippen LogP contribution is -2.44. The highest BCUT2D eigenvalue weighted by Crippen LogP contribution is 2.40. The van der Waals surface area contributed by atoms with Crippen LogP contribution >= 0.6 is 0 Å². The molecule has 0 spiro atoms. The van der Waals surface area contributed by atoms with Crippen molar-refractivity contribution in [3.63, 3.8) is 0 Å². The topological polar surface area (TPSA) is 144 Å². The Hall–Kier alpha value is -3.80. The van der Waals surface area contributed by atoms with Gasteiger partial charge in [0, 0.05) is 44.0 Å². The standard InChI is InChI=1S/C17H17N7O5/c1-21-5-7-22(8-6-21)14-10-13(15-16(20-29-19-15)17(14)24(27)28)18-11-3-2-4-12(9-11)23(25)26/h2-4,9-10,18H,5-8H2,1H3. The lowest BCUT2D eigenvalue weighted by molar-refractivity contribution is -0.384. The van der Waals surface area contributed by atoms with Crippen LogP contribution in [0.25, 0.3) is 11.0 Å². The molecule has 1 saturated heterocycles. The molecule has 3 aromatic rings. The fourth-order valence-electron chi connectivity index (χ4n) is 3.33. The summed E-state index contributed by atoms with van der Waals surface area (Å²) < 4.78 is 4.78. The van der Waals surface area contributed by atoms with Crippen LogP contribution in [0.1, 0.15) is 0 Å². The average molecular weight is 399 g/mol. The minimum absolute atomic E-state index is 0.0272. The van der Waals surface area contributed by atoms with Crippen LogP contribution in [-0.4, -0.2) is 58.3 Å². The molecule has 0 bridgehead atoms. The normalized spacial score (nSPS) is 14.9. The maximum atomic E-state index is 11.8. The molecule has 12 heteroatoms. The highest BCUT2D eigenvalue weighted by atomic mass is 16.6.